The third-order valence-corrected chi connectivity index (χ3v) is 3.50. The predicted molar refractivity (Wildman–Crippen MR) is 79.6 cm³/mol. The van der Waals surface area contributed by atoms with Crippen LogP contribution in [0.2, 0.25) is 0 Å². The summed E-state index contributed by atoms with van der Waals surface area (Å²) in [6.45, 7) is 4.33. The first-order valence-corrected chi connectivity index (χ1v) is 6.96. The Balaban J connectivity index is 1.89. The van der Waals surface area contributed by atoms with Gasteiger partial charge in [-0.05, 0) is 44.0 Å². The fourth-order valence-electron chi connectivity index (χ4n) is 2.31. The van der Waals surface area contributed by atoms with E-state index in [-0.39, 0.29) is 17.7 Å². The van der Waals surface area contributed by atoms with Crippen LogP contribution in [0.3, 0.4) is 0 Å². The molecule has 0 spiro atoms. The van der Waals surface area contributed by atoms with Gasteiger partial charge in [0.2, 0.25) is 11.8 Å². The van der Waals surface area contributed by atoms with Crippen molar-refractivity contribution in [2.45, 2.75) is 32.7 Å². The van der Waals surface area contributed by atoms with E-state index in [0.29, 0.717) is 6.04 Å². The lowest BCUT2D eigenvalue weighted by Gasteiger charge is -2.26. The summed E-state index contributed by atoms with van der Waals surface area (Å²) in [6, 6.07) is 7.64. The zero-order valence-electron chi connectivity index (χ0n) is 11.9. The summed E-state index contributed by atoms with van der Waals surface area (Å²) < 4.78 is 0. The largest absolute Gasteiger partial charge is 0.326 e. The standard InChI is InChI=1S/C15H21N3O2/c1-10-3-4-12(9-16-10)15(20)18-14-7-5-13(6-8-14)17-11(2)19/h5-8,10,12,16H,3-4,9H2,1-2H3,(H,17,19)(H,18,20). The first-order valence-electron chi connectivity index (χ1n) is 6.96. The molecule has 0 radical (unpaired) electrons. The lowest BCUT2D eigenvalue weighted by atomic mass is 9.95. The molecule has 0 bridgehead atoms. The number of rotatable bonds is 3. The van der Waals surface area contributed by atoms with Gasteiger partial charge in [0.1, 0.15) is 0 Å². The van der Waals surface area contributed by atoms with Crippen LogP contribution in [0.5, 0.6) is 0 Å². The van der Waals surface area contributed by atoms with E-state index in [9.17, 15) is 9.59 Å². The van der Waals surface area contributed by atoms with Crippen LogP contribution in [0.1, 0.15) is 26.7 Å². The number of anilines is 2. The molecule has 0 aliphatic carbocycles. The molecular formula is C15H21N3O2. The van der Waals surface area contributed by atoms with Gasteiger partial charge >= 0.3 is 0 Å². The molecule has 3 N–H and O–H groups in total. The zero-order chi connectivity index (χ0) is 14.5. The molecule has 1 aliphatic heterocycles. The van der Waals surface area contributed by atoms with Crippen LogP contribution in [0, 0.1) is 5.92 Å². The van der Waals surface area contributed by atoms with Crippen molar-refractivity contribution in [3.05, 3.63) is 24.3 Å². The Kier molecular flexibility index (Phi) is 4.74. The van der Waals surface area contributed by atoms with Crippen molar-refractivity contribution in [1.82, 2.24) is 5.32 Å². The molecule has 1 fully saturated rings. The Bertz CT molecular complexity index is 476. The average Bonchev–Trinajstić information content (AvgIpc) is 2.41. The van der Waals surface area contributed by atoms with Crippen molar-refractivity contribution >= 4 is 23.2 Å². The SMILES string of the molecule is CC(=O)Nc1ccc(NC(=O)C2CCC(C)NC2)cc1. The third-order valence-electron chi connectivity index (χ3n) is 3.50. The number of piperidine rings is 1. The molecule has 2 amide bonds. The molecule has 20 heavy (non-hydrogen) atoms. The molecular weight excluding hydrogens is 254 g/mol. The van der Waals surface area contributed by atoms with Gasteiger partial charge in [-0.3, -0.25) is 9.59 Å². The minimum absolute atomic E-state index is 0.0289. The van der Waals surface area contributed by atoms with Crippen LogP contribution >= 0.6 is 0 Å². The van der Waals surface area contributed by atoms with Crippen LogP contribution < -0.4 is 16.0 Å². The Labute approximate surface area is 119 Å². The molecule has 1 saturated heterocycles. The van der Waals surface area contributed by atoms with Crippen molar-refractivity contribution in [2.24, 2.45) is 5.92 Å². The number of nitrogens with one attached hydrogen (secondary N) is 3. The van der Waals surface area contributed by atoms with Crippen LogP contribution in [0.15, 0.2) is 24.3 Å². The highest BCUT2D eigenvalue weighted by Gasteiger charge is 2.23. The van der Waals surface area contributed by atoms with Gasteiger partial charge in [-0.1, -0.05) is 0 Å². The summed E-state index contributed by atoms with van der Waals surface area (Å²) in [4.78, 5) is 23.0. The van der Waals surface area contributed by atoms with Gasteiger partial charge in [-0.25, -0.2) is 0 Å². The monoisotopic (exact) mass is 275 g/mol. The fraction of sp³-hybridized carbons (Fsp3) is 0.467. The van der Waals surface area contributed by atoms with Gasteiger partial charge in [-0.15, -0.1) is 0 Å². The number of hydrogen-bond acceptors (Lipinski definition) is 3. The molecule has 0 saturated carbocycles. The van der Waals surface area contributed by atoms with Crippen LogP contribution in [0.25, 0.3) is 0 Å². The average molecular weight is 275 g/mol. The van der Waals surface area contributed by atoms with E-state index < -0.39 is 0 Å². The number of hydrogen-bond donors (Lipinski definition) is 3. The van der Waals surface area contributed by atoms with Gasteiger partial charge < -0.3 is 16.0 Å². The van der Waals surface area contributed by atoms with Crippen molar-refractivity contribution in [3.63, 3.8) is 0 Å². The molecule has 2 atom stereocenters. The minimum Gasteiger partial charge on any atom is -0.326 e. The van der Waals surface area contributed by atoms with Crippen molar-refractivity contribution in [3.8, 4) is 0 Å². The van der Waals surface area contributed by atoms with Gasteiger partial charge in [0, 0.05) is 30.9 Å². The number of carbonyl (C=O) groups is 2. The first-order chi connectivity index (χ1) is 9.54. The van der Waals surface area contributed by atoms with E-state index in [1.807, 2.05) is 0 Å². The third kappa shape index (κ3) is 4.06. The van der Waals surface area contributed by atoms with E-state index in [2.05, 4.69) is 22.9 Å². The molecule has 2 unspecified atom stereocenters. The Morgan fingerprint density at radius 3 is 2.20 bits per heavy atom. The highest BCUT2D eigenvalue weighted by atomic mass is 16.2. The highest BCUT2D eigenvalue weighted by molar-refractivity contribution is 5.93. The Hall–Kier alpha value is -1.88. The summed E-state index contributed by atoms with van der Waals surface area (Å²) in [5.74, 6) is -0.0258. The van der Waals surface area contributed by atoms with E-state index in [1.54, 1.807) is 24.3 Å². The number of benzene rings is 1. The second kappa shape index (κ2) is 6.52. The number of carbonyl (C=O) groups excluding carboxylic acids is 2. The van der Waals surface area contributed by atoms with Crippen molar-refractivity contribution in [1.29, 1.82) is 0 Å². The van der Waals surface area contributed by atoms with Crippen molar-refractivity contribution < 1.29 is 9.59 Å². The van der Waals surface area contributed by atoms with E-state index in [4.69, 9.17) is 0 Å². The van der Waals surface area contributed by atoms with Gasteiger partial charge in [0.15, 0.2) is 0 Å². The summed E-state index contributed by atoms with van der Waals surface area (Å²) in [5.41, 5.74) is 1.48. The molecule has 1 aliphatic rings. The van der Waals surface area contributed by atoms with Crippen molar-refractivity contribution in [2.75, 3.05) is 17.2 Å². The van der Waals surface area contributed by atoms with Gasteiger partial charge in [0.05, 0.1) is 5.92 Å². The van der Waals surface area contributed by atoms with Crippen LogP contribution in [0.4, 0.5) is 11.4 Å². The Morgan fingerprint density at radius 1 is 1.10 bits per heavy atom. The maximum atomic E-state index is 12.1. The van der Waals surface area contributed by atoms with E-state index >= 15 is 0 Å². The summed E-state index contributed by atoms with van der Waals surface area (Å²) in [6.07, 6.45) is 1.95. The van der Waals surface area contributed by atoms with Crippen LogP contribution in [-0.4, -0.2) is 24.4 Å². The lowest BCUT2D eigenvalue weighted by Crippen LogP contribution is -2.41. The normalized spacial score (nSPS) is 22.1. The Morgan fingerprint density at radius 2 is 1.70 bits per heavy atom. The molecule has 5 nitrogen and oxygen atoms in total. The molecule has 0 aromatic heterocycles. The minimum atomic E-state index is -0.107. The quantitative estimate of drug-likeness (QED) is 0.790. The maximum Gasteiger partial charge on any atom is 0.228 e. The molecule has 2 rings (SSSR count). The molecule has 1 heterocycles. The number of amides is 2. The second-order valence-electron chi connectivity index (χ2n) is 5.33. The molecule has 1 aromatic carbocycles. The maximum absolute atomic E-state index is 12.1. The summed E-state index contributed by atoms with van der Waals surface area (Å²) in [7, 11) is 0. The zero-order valence-corrected chi connectivity index (χ0v) is 11.9. The topological polar surface area (TPSA) is 70.2 Å². The fourth-order valence-corrected chi connectivity index (χ4v) is 2.31. The molecule has 108 valence electrons. The van der Waals surface area contributed by atoms with Gasteiger partial charge in [0.25, 0.3) is 0 Å². The molecule has 5 heteroatoms. The predicted octanol–water partition coefficient (Wildman–Crippen LogP) is 1.97. The smallest absolute Gasteiger partial charge is 0.228 e. The summed E-state index contributed by atoms with van der Waals surface area (Å²) >= 11 is 0. The van der Waals surface area contributed by atoms with E-state index in [0.717, 1.165) is 30.8 Å². The second-order valence-corrected chi connectivity index (χ2v) is 5.33. The summed E-state index contributed by atoms with van der Waals surface area (Å²) in [5, 5.41) is 8.93. The first kappa shape index (κ1) is 14.5. The van der Waals surface area contributed by atoms with Gasteiger partial charge in [-0.2, -0.15) is 0 Å². The van der Waals surface area contributed by atoms with Crippen LogP contribution in [-0.2, 0) is 9.59 Å². The van der Waals surface area contributed by atoms with E-state index in [1.165, 1.54) is 6.92 Å². The molecule has 1 aromatic rings. The highest BCUT2D eigenvalue weighted by Crippen LogP contribution is 2.18. The lowest BCUT2D eigenvalue weighted by molar-refractivity contribution is -0.120.